The van der Waals surface area contributed by atoms with Gasteiger partial charge < -0.3 is 19.9 Å². The number of aromatic nitrogens is 3. The van der Waals surface area contributed by atoms with E-state index in [0.717, 1.165) is 5.75 Å². The molecule has 0 aliphatic rings. The highest BCUT2D eigenvalue weighted by molar-refractivity contribution is 7.99. The SMILES string of the molecule is CCn1c(SCC(=O)Nc2ccc([N+](=O)[O-])cc2C)nnc1C(CCSC)NC(=O)c1ccc(OC)cc1. The molecule has 0 aliphatic carbocycles. The average molecular weight is 559 g/mol. The topological polar surface area (TPSA) is 141 Å². The predicted octanol–water partition coefficient (Wildman–Crippen LogP) is 4.48. The van der Waals surface area contributed by atoms with E-state index in [1.54, 1.807) is 50.1 Å². The van der Waals surface area contributed by atoms with Crippen molar-refractivity contribution in [3.63, 3.8) is 0 Å². The smallest absolute Gasteiger partial charge is 0.269 e. The van der Waals surface area contributed by atoms with Gasteiger partial charge in [-0.2, -0.15) is 11.8 Å². The van der Waals surface area contributed by atoms with Crippen molar-refractivity contribution in [2.24, 2.45) is 0 Å². The minimum Gasteiger partial charge on any atom is -0.497 e. The van der Waals surface area contributed by atoms with Gasteiger partial charge in [-0.25, -0.2) is 0 Å². The Morgan fingerprint density at radius 3 is 2.53 bits per heavy atom. The number of anilines is 1. The van der Waals surface area contributed by atoms with Crippen molar-refractivity contribution in [3.8, 4) is 5.75 Å². The number of rotatable bonds is 13. The number of amides is 2. The lowest BCUT2D eigenvalue weighted by molar-refractivity contribution is -0.384. The second kappa shape index (κ2) is 13.8. The molecule has 0 spiro atoms. The number of hydrogen-bond donors (Lipinski definition) is 2. The predicted molar refractivity (Wildman–Crippen MR) is 149 cm³/mol. The van der Waals surface area contributed by atoms with E-state index in [4.69, 9.17) is 4.74 Å². The van der Waals surface area contributed by atoms with Crippen molar-refractivity contribution in [2.45, 2.75) is 38.0 Å². The van der Waals surface area contributed by atoms with Crippen LogP contribution in [0.2, 0.25) is 0 Å². The molecule has 11 nitrogen and oxygen atoms in total. The highest BCUT2D eigenvalue weighted by atomic mass is 32.2. The maximum Gasteiger partial charge on any atom is 0.269 e. The van der Waals surface area contributed by atoms with Gasteiger partial charge in [-0.05, 0) is 68.2 Å². The van der Waals surface area contributed by atoms with Crippen molar-refractivity contribution < 1.29 is 19.2 Å². The molecule has 3 aromatic rings. The molecule has 1 unspecified atom stereocenters. The summed E-state index contributed by atoms with van der Waals surface area (Å²) in [6.45, 7) is 4.21. The molecular formula is C25H30N6O5S2. The number of ether oxygens (including phenoxy) is 1. The Labute approximate surface area is 229 Å². The lowest BCUT2D eigenvalue weighted by atomic mass is 10.1. The summed E-state index contributed by atoms with van der Waals surface area (Å²) in [5.74, 6) is 1.67. The number of carbonyl (C=O) groups is 2. The first-order chi connectivity index (χ1) is 18.3. The second-order valence-corrected chi connectivity index (χ2v) is 10.1. The molecular weight excluding hydrogens is 528 g/mol. The normalized spacial score (nSPS) is 11.6. The number of nitro benzene ring substituents is 1. The summed E-state index contributed by atoms with van der Waals surface area (Å²) < 4.78 is 7.06. The monoisotopic (exact) mass is 558 g/mol. The number of hydrogen-bond acceptors (Lipinski definition) is 9. The summed E-state index contributed by atoms with van der Waals surface area (Å²) in [7, 11) is 1.57. The van der Waals surface area contributed by atoms with E-state index in [0.29, 0.717) is 46.5 Å². The Morgan fingerprint density at radius 1 is 1.18 bits per heavy atom. The van der Waals surface area contributed by atoms with Crippen molar-refractivity contribution in [2.75, 3.05) is 30.2 Å². The number of carbonyl (C=O) groups excluding carboxylic acids is 2. The molecule has 13 heteroatoms. The van der Waals surface area contributed by atoms with Crippen LogP contribution in [-0.2, 0) is 11.3 Å². The minimum atomic E-state index is -0.477. The van der Waals surface area contributed by atoms with Gasteiger partial charge >= 0.3 is 0 Å². The average Bonchev–Trinajstić information content (AvgIpc) is 3.33. The van der Waals surface area contributed by atoms with Crippen molar-refractivity contribution in [3.05, 3.63) is 69.5 Å². The molecule has 0 aliphatic heterocycles. The lowest BCUT2D eigenvalue weighted by Crippen LogP contribution is -2.31. The molecule has 1 atom stereocenters. The molecule has 2 amide bonds. The van der Waals surface area contributed by atoms with Crippen molar-refractivity contribution in [1.82, 2.24) is 20.1 Å². The lowest BCUT2D eigenvalue weighted by Gasteiger charge is -2.19. The quantitative estimate of drug-likeness (QED) is 0.176. The fourth-order valence-electron chi connectivity index (χ4n) is 3.67. The number of nitrogens with one attached hydrogen (secondary N) is 2. The van der Waals surface area contributed by atoms with Crippen molar-refractivity contribution >= 4 is 46.7 Å². The second-order valence-electron chi connectivity index (χ2n) is 8.21. The fourth-order valence-corrected chi connectivity index (χ4v) is 4.95. The summed E-state index contributed by atoms with van der Waals surface area (Å²) in [5, 5.41) is 26.0. The van der Waals surface area contributed by atoms with Gasteiger partial charge in [0.05, 0.1) is 23.8 Å². The van der Waals surface area contributed by atoms with E-state index in [2.05, 4.69) is 20.8 Å². The molecule has 38 heavy (non-hydrogen) atoms. The molecule has 0 bridgehead atoms. The van der Waals surface area contributed by atoms with E-state index in [1.807, 2.05) is 17.7 Å². The van der Waals surface area contributed by atoms with Gasteiger partial charge in [-0.15, -0.1) is 10.2 Å². The Morgan fingerprint density at radius 2 is 1.92 bits per heavy atom. The van der Waals surface area contributed by atoms with E-state index in [1.165, 1.54) is 30.0 Å². The summed E-state index contributed by atoms with van der Waals surface area (Å²) in [6.07, 6.45) is 2.66. The molecule has 202 valence electrons. The molecule has 0 saturated heterocycles. The number of non-ortho nitro benzene ring substituents is 1. The van der Waals surface area contributed by atoms with Gasteiger partial charge in [0.25, 0.3) is 11.6 Å². The molecule has 0 saturated carbocycles. The Balaban J connectivity index is 1.70. The number of benzene rings is 2. The zero-order chi connectivity index (χ0) is 27.7. The van der Waals surface area contributed by atoms with Gasteiger partial charge in [0, 0.05) is 29.9 Å². The van der Waals surface area contributed by atoms with Crippen LogP contribution in [0, 0.1) is 17.0 Å². The molecule has 0 fully saturated rings. The summed E-state index contributed by atoms with van der Waals surface area (Å²) in [6, 6.07) is 10.8. The highest BCUT2D eigenvalue weighted by Crippen LogP contribution is 2.25. The largest absolute Gasteiger partial charge is 0.497 e. The van der Waals surface area contributed by atoms with E-state index >= 15 is 0 Å². The van der Waals surface area contributed by atoms with E-state index in [9.17, 15) is 19.7 Å². The summed E-state index contributed by atoms with van der Waals surface area (Å²) in [5.41, 5.74) is 1.59. The van der Waals surface area contributed by atoms with Gasteiger partial charge in [-0.1, -0.05) is 11.8 Å². The first kappa shape index (κ1) is 29.0. The molecule has 2 N–H and O–H groups in total. The van der Waals surface area contributed by atoms with Crippen LogP contribution in [0.1, 0.15) is 41.1 Å². The van der Waals surface area contributed by atoms with Gasteiger partial charge in [0.1, 0.15) is 5.75 Å². The van der Waals surface area contributed by atoms with Crippen LogP contribution >= 0.6 is 23.5 Å². The molecule has 2 aromatic carbocycles. The van der Waals surface area contributed by atoms with Crippen LogP contribution in [-0.4, -0.2) is 56.4 Å². The fraction of sp³-hybridized carbons (Fsp3) is 0.360. The highest BCUT2D eigenvalue weighted by Gasteiger charge is 2.24. The molecule has 1 aromatic heterocycles. The third-order valence-electron chi connectivity index (χ3n) is 5.67. The zero-order valence-electron chi connectivity index (χ0n) is 21.6. The van der Waals surface area contributed by atoms with Crippen LogP contribution in [0.5, 0.6) is 5.75 Å². The third-order valence-corrected chi connectivity index (χ3v) is 7.28. The van der Waals surface area contributed by atoms with Gasteiger partial charge in [-0.3, -0.25) is 19.7 Å². The standard InChI is InChI=1S/C25H30N6O5S2/c1-5-30-23(21(12-13-37-4)27-24(33)17-6-9-19(36-3)10-7-17)28-29-25(30)38-15-22(32)26-20-11-8-18(31(34)35)14-16(20)2/h6-11,14,21H,5,12-13,15H2,1-4H3,(H,26,32)(H,27,33). The Hall–Kier alpha value is -3.58. The van der Waals surface area contributed by atoms with E-state index < -0.39 is 4.92 Å². The first-order valence-corrected chi connectivity index (χ1v) is 14.2. The van der Waals surface area contributed by atoms with Crippen LogP contribution in [0.3, 0.4) is 0 Å². The van der Waals surface area contributed by atoms with Gasteiger partial charge in [0.15, 0.2) is 11.0 Å². The molecule has 3 rings (SSSR count). The third kappa shape index (κ3) is 7.48. The maximum atomic E-state index is 13.0. The van der Waals surface area contributed by atoms with Crippen LogP contribution < -0.4 is 15.4 Å². The minimum absolute atomic E-state index is 0.0337. The van der Waals surface area contributed by atoms with Crippen LogP contribution in [0.4, 0.5) is 11.4 Å². The van der Waals surface area contributed by atoms with E-state index in [-0.39, 0.29) is 29.3 Å². The number of nitrogens with zero attached hydrogens (tertiary/aromatic N) is 4. The zero-order valence-corrected chi connectivity index (χ0v) is 23.2. The Kier molecular flexibility index (Phi) is 10.5. The number of nitro groups is 1. The number of aryl methyl sites for hydroxylation is 1. The number of methoxy groups -OCH3 is 1. The first-order valence-electron chi connectivity index (χ1n) is 11.8. The van der Waals surface area contributed by atoms with Crippen LogP contribution in [0.25, 0.3) is 0 Å². The van der Waals surface area contributed by atoms with Crippen LogP contribution in [0.15, 0.2) is 47.6 Å². The summed E-state index contributed by atoms with van der Waals surface area (Å²) in [4.78, 5) is 36.0. The van der Waals surface area contributed by atoms with Crippen molar-refractivity contribution in [1.29, 1.82) is 0 Å². The maximum absolute atomic E-state index is 13.0. The Bertz CT molecular complexity index is 1280. The van der Waals surface area contributed by atoms with Gasteiger partial charge in [0.2, 0.25) is 5.91 Å². The summed E-state index contributed by atoms with van der Waals surface area (Å²) >= 11 is 2.90. The molecule has 0 radical (unpaired) electrons. The number of thioether (sulfide) groups is 2. The molecule has 1 heterocycles.